The average Bonchev–Trinajstić information content (AvgIpc) is 3.16. The van der Waals surface area contributed by atoms with Gasteiger partial charge in [0.25, 0.3) is 0 Å². The van der Waals surface area contributed by atoms with Crippen molar-refractivity contribution in [1.82, 2.24) is 9.80 Å². The number of hydrogen-bond donors (Lipinski definition) is 1. The van der Waals surface area contributed by atoms with E-state index in [9.17, 15) is 5.11 Å². The summed E-state index contributed by atoms with van der Waals surface area (Å²) in [4.78, 5) is 5.20. The van der Waals surface area contributed by atoms with Crippen molar-refractivity contribution >= 4 is 0 Å². The summed E-state index contributed by atoms with van der Waals surface area (Å²) in [5, 5.41) is 10.4. The standard InChI is InChI=1S/C18H28N2O/c1-15-6-2-3-7-17(15)18(21)9-13-19-12-8-16(14-19)20-10-4-5-11-20/h2-3,6-7,16,18,21H,4-5,8-14H2,1H3. The second-order valence-corrected chi connectivity index (χ2v) is 6.65. The molecular formula is C18H28N2O. The van der Waals surface area contributed by atoms with E-state index in [0.717, 1.165) is 24.6 Å². The molecule has 2 saturated heterocycles. The van der Waals surface area contributed by atoms with Gasteiger partial charge < -0.3 is 10.0 Å². The largest absolute Gasteiger partial charge is 0.388 e. The molecule has 2 atom stereocenters. The van der Waals surface area contributed by atoms with Crippen molar-refractivity contribution in [2.75, 3.05) is 32.7 Å². The molecule has 3 heteroatoms. The van der Waals surface area contributed by atoms with Crippen LogP contribution in [0, 0.1) is 6.92 Å². The molecule has 1 N–H and O–H groups in total. The lowest BCUT2D eigenvalue weighted by atomic mass is 10.0. The lowest BCUT2D eigenvalue weighted by Gasteiger charge is -2.24. The zero-order valence-corrected chi connectivity index (χ0v) is 13.2. The summed E-state index contributed by atoms with van der Waals surface area (Å²) in [7, 11) is 0. The first-order valence-corrected chi connectivity index (χ1v) is 8.44. The molecule has 2 aliphatic rings. The quantitative estimate of drug-likeness (QED) is 0.902. The molecule has 0 aromatic heterocycles. The van der Waals surface area contributed by atoms with Crippen molar-refractivity contribution < 1.29 is 5.11 Å². The highest BCUT2D eigenvalue weighted by Gasteiger charge is 2.29. The minimum absolute atomic E-state index is 0.322. The molecule has 2 unspecified atom stereocenters. The van der Waals surface area contributed by atoms with E-state index in [0.29, 0.717) is 0 Å². The van der Waals surface area contributed by atoms with Gasteiger partial charge in [-0.25, -0.2) is 0 Å². The van der Waals surface area contributed by atoms with Crippen LogP contribution in [0.5, 0.6) is 0 Å². The molecule has 2 fully saturated rings. The summed E-state index contributed by atoms with van der Waals surface area (Å²) in [6.07, 6.45) is 4.58. The number of benzene rings is 1. The van der Waals surface area contributed by atoms with E-state index in [2.05, 4.69) is 28.9 Å². The molecule has 3 rings (SSSR count). The van der Waals surface area contributed by atoms with Crippen molar-refractivity contribution in [2.24, 2.45) is 0 Å². The highest BCUT2D eigenvalue weighted by atomic mass is 16.3. The third-order valence-electron chi connectivity index (χ3n) is 5.17. The third-order valence-corrected chi connectivity index (χ3v) is 5.17. The van der Waals surface area contributed by atoms with Crippen LogP contribution in [0.4, 0.5) is 0 Å². The molecule has 21 heavy (non-hydrogen) atoms. The van der Waals surface area contributed by atoms with Gasteiger partial charge in [0, 0.05) is 19.1 Å². The number of likely N-dealkylation sites (tertiary alicyclic amines) is 2. The van der Waals surface area contributed by atoms with Gasteiger partial charge in [-0.15, -0.1) is 0 Å². The fourth-order valence-electron chi connectivity index (χ4n) is 3.84. The first-order chi connectivity index (χ1) is 10.2. The minimum atomic E-state index is -0.322. The Labute approximate surface area is 128 Å². The molecule has 0 radical (unpaired) electrons. The highest BCUT2D eigenvalue weighted by molar-refractivity contribution is 5.27. The second kappa shape index (κ2) is 6.91. The average molecular weight is 288 g/mol. The number of aliphatic hydroxyl groups is 1. The van der Waals surface area contributed by atoms with Crippen LogP contribution in [0.25, 0.3) is 0 Å². The Morgan fingerprint density at radius 1 is 1.19 bits per heavy atom. The first kappa shape index (κ1) is 15.0. The Bertz CT molecular complexity index is 456. The van der Waals surface area contributed by atoms with Gasteiger partial charge in [-0.2, -0.15) is 0 Å². The number of nitrogens with zero attached hydrogens (tertiary/aromatic N) is 2. The molecule has 0 saturated carbocycles. The van der Waals surface area contributed by atoms with Gasteiger partial charge in [0.15, 0.2) is 0 Å². The maximum atomic E-state index is 10.4. The van der Waals surface area contributed by atoms with E-state index >= 15 is 0 Å². The van der Waals surface area contributed by atoms with E-state index in [1.165, 1.54) is 51.0 Å². The summed E-state index contributed by atoms with van der Waals surface area (Å²) in [6.45, 7) is 8.08. The van der Waals surface area contributed by atoms with Gasteiger partial charge in [0.2, 0.25) is 0 Å². The Hall–Kier alpha value is -0.900. The van der Waals surface area contributed by atoms with Gasteiger partial charge in [-0.3, -0.25) is 4.90 Å². The second-order valence-electron chi connectivity index (χ2n) is 6.65. The van der Waals surface area contributed by atoms with Crippen molar-refractivity contribution in [3.63, 3.8) is 0 Å². The van der Waals surface area contributed by atoms with Crippen LogP contribution < -0.4 is 0 Å². The summed E-state index contributed by atoms with van der Waals surface area (Å²) in [5.41, 5.74) is 2.29. The number of hydrogen-bond acceptors (Lipinski definition) is 3. The van der Waals surface area contributed by atoms with E-state index in [1.807, 2.05) is 12.1 Å². The summed E-state index contributed by atoms with van der Waals surface area (Å²) in [6, 6.07) is 8.95. The molecule has 0 amide bonds. The summed E-state index contributed by atoms with van der Waals surface area (Å²) < 4.78 is 0. The molecule has 1 aromatic rings. The van der Waals surface area contributed by atoms with Crippen molar-refractivity contribution in [3.8, 4) is 0 Å². The Balaban J connectivity index is 1.46. The number of rotatable bonds is 5. The number of aryl methyl sites for hydroxylation is 1. The third kappa shape index (κ3) is 3.65. The zero-order chi connectivity index (χ0) is 14.7. The van der Waals surface area contributed by atoms with Gasteiger partial charge >= 0.3 is 0 Å². The van der Waals surface area contributed by atoms with Crippen LogP contribution in [0.3, 0.4) is 0 Å². The lowest BCUT2D eigenvalue weighted by Crippen LogP contribution is -2.35. The monoisotopic (exact) mass is 288 g/mol. The molecule has 0 spiro atoms. The predicted octanol–water partition coefficient (Wildman–Crippen LogP) is 2.59. The topological polar surface area (TPSA) is 26.7 Å². The smallest absolute Gasteiger partial charge is 0.0804 e. The van der Waals surface area contributed by atoms with E-state index in [1.54, 1.807) is 0 Å². The van der Waals surface area contributed by atoms with E-state index in [-0.39, 0.29) is 6.10 Å². The molecule has 3 nitrogen and oxygen atoms in total. The van der Waals surface area contributed by atoms with Crippen LogP contribution in [-0.2, 0) is 0 Å². The van der Waals surface area contributed by atoms with Crippen LogP contribution in [-0.4, -0.2) is 53.7 Å². The first-order valence-electron chi connectivity index (χ1n) is 8.44. The summed E-state index contributed by atoms with van der Waals surface area (Å²) in [5.74, 6) is 0. The molecule has 116 valence electrons. The molecule has 2 heterocycles. The van der Waals surface area contributed by atoms with Crippen LogP contribution in [0.1, 0.15) is 42.9 Å². The Morgan fingerprint density at radius 2 is 1.95 bits per heavy atom. The molecule has 2 aliphatic heterocycles. The van der Waals surface area contributed by atoms with E-state index < -0.39 is 0 Å². The molecular weight excluding hydrogens is 260 g/mol. The normalized spacial score (nSPS) is 25.5. The molecule has 1 aromatic carbocycles. The van der Waals surface area contributed by atoms with Crippen molar-refractivity contribution in [1.29, 1.82) is 0 Å². The maximum absolute atomic E-state index is 10.4. The van der Waals surface area contributed by atoms with Crippen LogP contribution in [0.15, 0.2) is 24.3 Å². The van der Waals surface area contributed by atoms with Gasteiger partial charge in [-0.1, -0.05) is 24.3 Å². The van der Waals surface area contributed by atoms with Gasteiger partial charge in [0.1, 0.15) is 0 Å². The van der Waals surface area contributed by atoms with Crippen LogP contribution in [0.2, 0.25) is 0 Å². The molecule has 0 aliphatic carbocycles. The van der Waals surface area contributed by atoms with Crippen LogP contribution >= 0.6 is 0 Å². The SMILES string of the molecule is Cc1ccccc1C(O)CCN1CCC(N2CCCC2)C1. The Kier molecular flexibility index (Phi) is 4.94. The lowest BCUT2D eigenvalue weighted by molar-refractivity contribution is 0.145. The van der Waals surface area contributed by atoms with Gasteiger partial charge in [0.05, 0.1) is 6.10 Å². The maximum Gasteiger partial charge on any atom is 0.0804 e. The minimum Gasteiger partial charge on any atom is -0.388 e. The Morgan fingerprint density at radius 3 is 2.71 bits per heavy atom. The van der Waals surface area contributed by atoms with E-state index in [4.69, 9.17) is 0 Å². The number of aliphatic hydroxyl groups excluding tert-OH is 1. The van der Waals surface area contributed by atoms with Crippen molar-refractivity contribution in [2.45, 2.75) is 44.8 Å². The fraction of sp³-hybridized carbons (Fsp3) is 0.667. The summed E-state index contributed by atoms with van der Waals surface area (Å²) >= 11 is 0. The predicted molar refractivity (Wildman–Crippen MR) is 86.4 cm³/mol. The molecule has 0 bridgehead atoms. The fourth-order valence-corrected chi connectivity index (χ4v) is 3.84. The zero-order valence-electron chi connectivity index (χ0n) is 13.2. The van der Waals surface area contributed by atoms with Crippen molar-refractivity contribution in [3.05, 3.63) is 35.4 Å². The highest BCUT2D eigenvalue weighted by Crippen LogP contribution is 2.24. The van der Waals surface area contributed by atoms with Gasteiger partial charge in [-0.05, 0) is 63.4 Å².